The quantitative estimate of drug-likeness (QED) is 0.586. The van der Waals surface area contributed by atoms with Crippen molar-refractivity contribution in [3.05, 3.63) is 48.3 Å². The highest BCUT2D eigenvalue weighted by molar-refractivity contribution is 7.89. The number of hydrogen-bond acceptors (Lipinski definition) is 6. The number of hydrogen-bond donors (Lipinski definition) is 2. The first kappa shape index (κ1) is 20.8. The lowest BCUT2D eigenvalue weighted by molar-refractivity contribution is -0.117. The average Bonchev–Trinajstić information content (AvgIpc) is 3.54. The van der Waals surface area contributed by atoms with E-state index in [1.54, 1.807) is 4.52 Å². The number of benzene rings is 1. The zero-order valence-corrected chi connectivity index (χ0v) is 18.1. The molecule has 0 radical (unpaired) electrons. The van der Waals surface area contributed by atoms with Crippen LogP contribution in [0.2, 0.25) is 0 Å². The van der Waals surface area contributed by atoms with Crippen molar-refractivity contribution in [3.63, 3.8) is 0 Å². The molecule has 3 heterocycles. The smallest absolute Gasteiger partial charge is 0.249 e. The van der Waals surface area contributed by atoms with Gasteiger partial charge in [0.05, 0.1) is 4.90 Å². The maximum atomic E-state index is 13.4. The van der Waals surface area contributed by atoms with E-state index < -0.39 is 15.8 Å². The van der Waals surface area contributed by atoms with Gasteiger partial charge in [0.1, 0.15) is 11.6 Å². The lowest BCUT2D eigenvalue weighted by Crippen LogP contribution is -2.45. The topological polar surface area (TPSA) is 109 Å². The summed E-state index contributed by atoms with van der Waals surface area (Å²) in [6, 6.07) is 10.4. The average molecular weight is 459 g/mol. The fraction of sp³-hybridized carbons (Fsp3) is 0.381. The highest BCUT2D eigenvalue weighted by Crippen LogP contribution is 2.30. The number of halogens is 1. The van der Waals surface area contributed by atoms with Gasteiger partial charge in [0.15, 0.2) is 5.65 Å². The van der Waals surface area contributed by atoms with Gasteiger partial charge in [-0.2, -0.15) is 9.50 Å². The Morgan fingerprint density at radius 3 is 2.53 bits per heavy atom. The molecule has 168 valence electrons. The second kappa shape index (κ2) is 8.14. The predicted octanol–water partition coefficient (Wildman–Crippen LogP) is 2.16. The van der Waals surface area contributed by atoms with Gasteiger partial charge in [0, 0.05) is 25.0 Å². The summed E-state index contributed by atoms with van der Waals surface area (Å²) in [6.45, 7) is 1.22. The lowest BCUT2D eigenvalue weighted by Gasteiger charge is -2.33. The number of amides is 1. The molecule has 2 N–H and O–H groups in total. The van der Waals surface area contributed by atoms with Crippen molar-refractivity contribution in [2.75, 3.05) is 23.3 Å². The Hall–Kier alpha value is -3.05. The van der Waals surface area contributed by atoms with Crippen molar-refractivity contribution in [3.8, 4) is 0 Å². The zero-order chi connectivity index (χ0) is 22.3. The van der Waals surface area contributed by atoms with Crippen molar-refractivity contribution in [2.45, 2.75) is 36.6 Å². The van der Waals surface area contributed by atoms with E-state index in [1.807, 2.05) is 18.2 Å². The van der Waals surface area contributed by atoms with Crippen LogP contribution in [0.4, 0.5) is 16.2 Å². The molecular weight excluding hydrogens is 435 g/mol. The monoisotopic (exact) mass is 458 g/mol. The van der Waals surface area contributed by atoms with Crippen LogP contribution in [0, 0.1) is 11.7 Å². The lowest BCUT2D eigenvalue weighted by atomic mass is 10.1. The van der Waals surface area contributed by atoms with E-state index in [4.69, 9.17) is 0 Å². The largest absolute Gasteiger partial charge is 0.356 e. The zero-order valence-electron chi connectivity index (χ0n) is 17.2. The molecule has 0 spiro atoms. The third-order valence-electron chi connectivity index (χ3n) is 5.77. The van der Waals surface area contributed by atoms with Gasteiger partial charge >= 0.3 is 0 Å². The van der Waals surface area contributed by atoms with E-state index >= 15 is 0 Å². The number of nitrogens with zero attached hydrogens (tertiary/aromatic N) is 4. The molecule has 1 saturated carbocycles. The molecule has 32 heavy (non-hydrogen) atoms. The van der Waals surface area contributed by atoms with Crippen molar-refractivity contribution in [1.29, 1.82) is 0 Å². The molecule has 1 aromatic carbocycles. The van der Waals surface area contributed by atoms with E-state index in [2.05, 4.69) is 25.0 Å². The number of fused-ring (bicyclic) bond motifs is 1. The molecule has 0 unspecified atom stereocenters. The van der Waals surface area contributed by atoms with Gasteiger partial charge < -0.3 is 4.90 Å². The number of nitrogens with one attached hydrogen (secondary N) is 2. The molecule has 0 bridgehead atoms. The summed E-state index contributed by atoms with van der Waals surface area (Å²) in [5.41, 5.74) is 0.627. The molecule has 2 aromatic heterocycles. The summed E-state index contributed by atoms with van der Waals surface area (Å²) < 4.78 is 42.9. The molecule has 1 amide bonds. The van der Waals surface area contributed by atoms with Gasteiger partial charge in [-0.05, 0) is 56.0 Å². The molecule has 1 aliphatic carbocycles. The second-order valence-electron chi connectivity index (χ2n) is 8.19. The summed E-state index contributed by atoms with van der Waals surface area (Å²) in [5, 5.41) is 7.22. The maximum Gasteiger partial charge on any atom is 0.249 e. The van der Waals surface area contributed by atoms with E-state index in [1.165, 1.54) is 18.2 Å². The summed E-state index contributed by atoms with van der Waals surface area (Å²) in [7, 11) is -3.79. The number of piperidine rings is 1. The van der Waals surface area contributed by atoms with Gasteiger partial charge in [-0.3, -0.25) is 10.1 Å². The normalized spacial score (nSPS) is 17.6. The van der Waals surface area contributed by atoms with Gasteiger partial charge in [-0.25, -0.2) is 17.5 Å². The standard InChI is InChI=1S/C21H23FN6O3S/c22-15-3-1-4-17(13-15)32(30,31)26-16-9-11-27(12-10-16)19-6-2-5-18-23-21(25-28(18)19)24-20(29)14-7-8-14/h1-6,13-14,16,26H,7-12H2,(H,24,25,29). The van der Waals surface area contributed by atoms with E-state index in [0.717, 1.165) is 24.7 Å². The summed E-state index contributed by atoms with van der Waals surface area (Å²) >= 11 is 0. The van der Waals surface area contributed by atoms with Crippen LogP contribution in [0.5, 0.6) is 0 Å². The van der Waals surface area contributed by atoms with Gasteiger partial charge in [0.25, 0.3) is 0 Å². The SMILES string of the molecule is O=C(Nc1nc2cccc(N3CCC(NS(=O)(=O)c4cccc(F)c4)CC3)n2n1)C1CC1. The van der Waals surface area contributed by atoms with E-state index in [9.17, 15) is 17.6 Å². The van der Waals surface area contributed by atoms with Crippen LogP contribution in [0.3, 0.4) is 0 Å². The Kier molecular flexibility index (Phi) is 5.30. The molecule has 1 saturated heterocycles. The molecule has 9 nitrogen and oxygen atoms in total. The Morgan fingerprint density at radius 1 is 1.06 bits per heavy atom. The van der Waals surface area contributed by atoms with Crippen molar-refractivity contribution in [1.82, 2.24) is 19.3 Å². The third kappa shape index (κ3) is 4.30. The predicted molar refractivity (Wildman–Crippen MR) is 116 cm³/mol. The maximum absolute atomic E-state index is 13.4. The van der Waals surface area contributed by atoms with Crippen molar-refractivity contribution < 1.29 is 17.6 Å². The summed E-state index contributed by atoms with van der Waals surface area (Å²) in [6.07, 6.45) is 2.99. The fourth-order valence-electron chi connectivity index (χ4n) is 3.89. The van der Waals surface area contributed by atoms with Crippen LogP contribution in [-0.4, -0.2) is 48.1 Å². The first-order valence-electron chi connectivity index (χ1n) is 10.6. The van der Waals surface area contributed by atoms with E-state index in [-0.39, 0.29) is 28.7 Å². The molecule has 3 aromatic rings. The number of carbonyl (C=O) groups excluding carboxylic acids is 1. The van der Waals surface area contributed by atoms with Crippen molar-refractivity contribution in [2.24, 2.45) is 5.92 Å². The molecule has 0 atom stereocenters. The summed E-state index contributed by atoms with van der Waals surface area (Å²) in [5.74, 6) is 0.543. The number of carbonyl (C=O) groups is 1. The number of sulfonamides is 1. The highest BCUT2D eigenvalue weighted by atomic mass is 32.2. The number of anilines is 2. The van der Waals surface area contributed by atoms with Gasteiger partial charge in [-0.15, -0.1) is 5.10 Å². The third-order valence-corrected chi connectivity index (χ3v) is 7.29. The minimum absolute atomic E-state index is 0.0474. The molecule has 11 heteroatoms. The Bertz CT molecular complexity index is 1270. The van der Waals surface area contributed by atoms with Crippen LogP contribution >= 0.6 is 0 Å². The second-order valence-corrected chi connectivity index (χ2v) is 9.91. The summed E-state index contributed by atoms with van der Waals surface area (Å²) in [4.78, 5) is 18.5. The first-order valence-corrected chi connectivity index (χ1v) is 12.1. The van der Waals surface area contributed by atoms with Crippen molar-refractivity contribution >= 4 is 33.3 Å². The van der Waals surface area contributed by atoms with Crippen LogP contribution in [0.15, 0.2) is 47.4 Å². The number of aromatic nitrogens is 3. The molecule has 5 rings (SSSR count). The molecular formula is C21H23FN6O3S. The van der Waals surface area contributed by atoms with E-state index in [0.29, 0.717) is 31.6 Å². The Balaban J connectivity index is 1.26. The Labute approximate surface area is 184 Å². The molecule has 2 aliphatic rings. The van der Waals surface area contributed by atoms with Crippen LogP contribution in [0.25, 0.3) is 5.65 Å². The van der Waals surface area contributed by atoms with Gasteiger partial charge in [0.2, 0.25) is 21.9 Å². The number of rotatable bonds is 6. The van der Waals surface area contributed by atoms with Crippen LogP contribution in [0.1, 0.15) is 25.7 Å². The molecule has 2 fully saturated rings. The Morgan fingerprint density at radius 2 is 1.81 bits per heavy atom. The minimum atomic E-state index is -3.79. The first-order chi connectivity index (χ1) is 15.4. The minimum Gasteiger partial charge on any atom is -0.356 e. The van der Waals surface area contributed by atoms with Crippen LogP contribution in [-0.2, 0) is 14.8 Å². The number of pyridine rings is 1. The van der Waals surface area contributed by atoms with Crippen LogP contribution < -0.4 is 14.9 Å². The molecule has 1 aliphatic heterocycles. The fourth-order valence-corrected chi connectivity index (χ4v) is 5.23. The van der Waals surface area contributed by atoms with Gasteiger partial charge in [-0.1, -0.05) is 12.1 Å². The highest BCUT2D eigenvalue weighted by Gasteiger charge is 2.31.